The smallest absolute Gasteiger partial charge is 0.255 e. The molecule has 0 spiro atoms. The van der Waals surface area contributed by atoms with Gasteiger partial charge in [0.25, 0.3) is 5.89 Å². The van der Waals surface area contributed by atoms with Gasteiger partial charge in [-0.15, -0.1) is 11.3 Å². The number of rotatable bonds is 6. The van der Waals surface area contributed by atoms with Crippen LogP contribution in [0.15, 0.2) is 22.7 Å². The number of aromatic nitrogens is 1. The summed E-state index contributed by atoms with van der Waals surface area (Å²) >= 11 is 7.52. The largest absolute Gasteiger partial charge is 0.434 e. The number of nitrogens with zero attached hydrogens (tertiary/aromatic N) is 3. The molecule has 7 nitrogen and oxygen atoms in total. The van der Waals surface area contributed by atoms with Crippen molar-refractivity contribution in [2.45, 2.75) is 31.3 Å². The molecule has 3 fully saturated rings. The predicted octanol–water partition coefficient (Wildman–Crippen LogP) is 1.86. The predicted molar refractivity (Wildman–Crippen MR) is 118 cm³/mol. The maximum absolute atomic E-state index is 13.4. The molecule has 0 aliphatic carbocycles. The molecule has 3 aliphatic heterocycles. The summed E-state index contributed by atoms with van der Waals surface area (Å²) in [5.41, 5.74) is 0. The Bertz CT molecular complexity index is 1010. The Labute approximate surface area is 191 Å². The van der Waals surface area contributed by atoms with E-state index in [0.717, 1.165) is 41.7 Å². The first-order valence-electron chi connectivity index (χ1n) is 11.0. The minimum absolute atomic E-state index is 0.0140. The van der Waals surface area contributed by atoms with Crippen molar-refractivity contribution < 1.29 is 23.4 Å². The van der Waals surface area contributed by atoms with Gasteiger partial charge in [-0.1, -0.05) is 11.6 Å². The summed E-state index contributed by atoms with van der Waals surface area (Å²) in [5.74, 6) is 0.605. The van der Waals surface area contributed by atoms with Crippen molar-refractivity contribution in [2.24, 2.45) is 11.8 Å². The maximum atomic E-state index is 13.4. The number of hydrogen-bond acceptors (Lipinski definition) is 5. The molecule has 3 aliphatic rings. The number of halogens is 1. The van der Waals surface area contributed by atoms with Gasteiger partial charge < -0.3 is 13.8 Å². The Morgan fingerprint density at radius 1 is 1.26 bits per heavy atom. The van der Waals surface area contributed by atoms with Crippen LogP contribution in [0.25, 0.3) is 10.6 Å². The fraction of sp³-hybridized carbons (Fsp3) is 0.591. The fourth-order valence-electron chi connectivity index (χ4n) is 5.70. The van der Waals surface area contributed by atoms with Gasteiger partial charge >= 0.3 is 0 Å². The third-order valence-corrected chi connectivity index (χ3v) is 8.20. The van der Waals surface area contributed by atoms with Crippen molar-refractivity contribution in [2.75, 3.05) is 40.8 Å². The Morgan fingerprint density at radius 3 is 2.74 bits per heavy atom. The van der Waals surface area contributed by atoms with Gasteiger partial charge in [0.15, 0.2) is 11.8 Å². The third-order valence-electron chi connectivity index (χ3n) is 6.95. The van der Waals surface area contributed by atoms with E-state index in [1.807, 2.05) is 12.1 Å². The van der Waals surface area contributed by atoms with Crippen LogP contribution in [-0.2, 0) is 9.59 Å². The Kier molecular flexibility index (Phi) is 5.24. The van der Waals surface area contributed by atoms with Gasteiger partial charge in [-0.2, -0.15) is 0 Å². The zero-order valence-electron chi connectivity index (χ0n) is 18.1. The number of quaternary nitrogens is 2. The van der Waals surface area contributed by atoms with E-state index in [1.165, 1.54) is 21.1 Å². The maximum Gasteiger partial charge on any atom is 0.255 e. The number of likely N-dealkylation sites (tertiary alicyclic amines) is 1. The van der Waals surface area contributed by atoms with E-state index in [-0.39, 0.29) is 35.7 Å². The van der Waals surface area contributed by atoms with E-state index >= 15 is 0 Å². The second-order valence-electron chi connectivity index (χ2n) is 9.96. The molecule has 0 aromatic carbocycles. The van der Waals surface area contributed by atoms with Crippen molar-refractivity contribution >= 4 is 34.8 Å². The standard InChI is InChI=1S/C22H28ClN4O3S/c1-27(2,3)11-5-10-26-21(28)17-13-6-4-9-25(13)19(18(17)22(26)29)20-24-12-14(30-20)15-7-8-16(23)31-15/h7-8,12-13,17-19H,4-6,9-11H2,1-3H3/q+1/p+1/t13-,17-,18-,19+/m0/s1. The van der Waals surface area contributed by atoms with Crippen LogP contribution in [0, 0.1) is 11.8 Å². The summed E-state index contributed by atoms with van der Waals surface area (Å²) in [4.78, 5) is 35.1. The number of amides is 2. The number of thiophene rings is 1. The van der Waals surface area contributed by atoms with Gasteiger partial charge in [-0.25, -0.2) is 4.98 Å². The summed E-state index contributed by atoms with van der Waals surface area (Å²) in [7, 11) is 6.37. The lowest BCUT2D eigenvalue weighted by atomic mass is 9.88. The number of nitrogens with one attached hydrogen (secondary N) is 1. The van der Waals surface area contributed by atoms with Crippen LogP contribution in [0.2, 0.25) is 4.34 Å². The highest BCUT2D eigenvalue weighted by atomic mass is 35.5. The molecule has 0 saturated carbocycles. The first-order valence-corrected chi connectivity index (χ1v) is 12.2. The summed E-state index contributed by atoms with van der Waals surface area (Å²) in [6, 6.07) is 3.74. The summed E-state index contributed by atoms with van der Waals surface area (Å²) in [6.45, 7) is 2.37. The molecule has 5 atom stereocenters. The summed E-state index contributed by atoms with van der Waals surface area (Å²) in [6.07, 6.45) is 4.58. The van der Waals surface area contributed by atoms with Crippen LogP contribution in [-0.4, -0.2) is 73.0 Å². The highest BCUT2D eigenvalue weighted by Crippen LogP contribution is 2.44. The highest BCUT2D eigenvalue weighted by molar-refractivity contribution is 7.19. The number of imide groups is 1. The molecule has 31 heavy (non-hydrogen) atoms. The van der Waals surface area contributed by atoms with Gasteiger partial charge in [-0.3, -0.25) is 14.5 Å². The second kappa shape index (κ2) is 7.69. The molecule has 3 saturated heterocycles. The average molecular weight is 465 g/mol. The molecule has 1 unspecified atom stereocenters. The fourth-order valence-corrected chi connectivity index (χ4v) is 6.69. The number of carbonyl (C=O) groups excluding carboxylic acids is 2. The van der Waals surface area contributed by atoms with Gasteiger partial charge in [0.1, 0.15) is 17.9 Å². The van der Waals surface area contributed by atoms with Crippen LogP contribution in [0.4, 0.5) is 0 Å². The molecule has 2 amide bonds. The third kappa shape index (κ3) is 3.63. The molecule has 9 heteroatoms. The van der Waals surface area contributed by atoms with Crippen LogP contribution in [0.3, 0.4) is 0 Å². The molecule has 5 heterocycles. The van der Waals surface area contributed by atoms with Crippen LogP contribution in [0.1, 0.15) is 31.2 Å². The van der Waals surface area contributed by atoms with Crippen molar-refractivity contribution in [3.8, 4) is 10.6 Å². The molecule has 1 N–H and O–H groups in total. The molecule has 0 bridgehead atoms. The van der Waals surface area contributed by atoms with E-state index in [9.17, 15) is 9.59 Å². The van der Waals surface area contributed by atoms with Crippen molar-refractivity contribution in [1.29, 1.82) is 0 Å². The highest BCUT2D eigenvalue weighted by Gasteiger charge is 2.67. The summed E-state index contributed by atoms with van der Waals surface area (Å²) < 4.78 is 7.68. The zero-order valence-corrected chi connectivity index (χ0v) is 19.7. The molecule has 166 valence electrons. The monoisotopic (exact) mass is 464 g/mol. The second-order valence-corrected chi connectivity index (χ2v) is 11.7. The molecule has 2 aromatic rings. The first-order chi connectivity index (χ1) is 14.7. The van der Waals surface area contributed by atoms with Gasteiger partial charge in [0.05, 0.1) is 49.6 Å². The lowest BCUT2D eigenvalue weighted by Gasteiger charge is -2.26. The van der Waals surface area contributed by atoms with Crippen molar-refractivity contribution in [3.63, 3.8) is 0 Å². The van der Waals surface area contributed by atoms with E-state index in [2.05, 4.69) is 26.1 Å². The number of oxazole rings is 1. The SMILES string of the molecule is C[N+](C)(C)CCCN1C(=O)[C@@H]2[C@H](C1=O)[C@H](c1ncc(-c3ccc(Cl)s3)o1)[NH+]1CCC[C@@H]21. The molecule has 0 radical (unpaired) electrons. The van der Waals surface area contributed by atoms with Crippen molar-refractivity contribution in [3.05, 3.63) is 28.6 Å². The van der Waals surface area contributed by atoms with Gasteiger partial charge in [-0.05, 0) is 12.1 Å². The molecular weight excluding hydrogens is 436 g/mol. The number of fused-ring (bicyclic) bond motifs is 3. The summed E-state index contributed by atoms with van der Waals surface area (Å²) in [5, 5.41) is 0. The minimum atomic E-state index is -0.365. The number of hydrogen-bond donors (Lipinski definition) is 1. The Balaban J connectivity index is 1.42. The van der Waals surface area contributed by atoms with Crippen molar-refractivity contribution in [1.82, 2.24) is 9.88 Å². The minimum Gasteiger partial charge on any atom is -0.434 e. The normalized spacial score (nSPS) is 30.3. The van der Waals surface area contributed by atoms with Gasteiger partial charge in [0.2, 0.25) is 11.8 Å². The van der Waals surface area contributed by atoms with E-state index in [0.29, 0.717) is 22.5 Å². The first kappa shape index (κ1) is 21.1. The number of carbonyl (C=O) groups is 2. The van der Waals surface area contributed by atoms with Crippen LogP contribution >= 0.6 is 22.9 Å². The topological polar surface area (TPSA) is 67.9 Å². The average Bonchev–Trinajstić information content (AvgIpc) is 3.47. The Hall–Kier alpha value is -1.74. The lowest BCUT2D eigenvalue weighted by molar-refractivity contribution is -0.933. The van der Waals surface area contributed by atoms with E-state index in [1.54, 1.807) is 6.20 Å². The molecular formula is C22H29ClN4O3S+2. The van der Waals surface area contributed by atoms with E-state index < -0.39 is 0 Å². The van der Waals surface area contributed by atoms with Crippen LogP contribution < -0.4 is 4.90 Å². The van der Waals surface area contributed by atoms with Crippen LogP contribution in [0.5, 0.6) is 0 Å². The molecule has 2 aromatic heterocycles. The quantitative estimate of drug-likeness (QED) is 0.523. The van der Waals surface area contributed by atoms with E-state index in [4.69, 9.17) is 16.0 Å². The zero-order chi connectivity index (χ0) is 21.9. The lowest BCUT2D eigenvalue weighted by Crippen LogP contribution is -3.12. The Morgan fingerprint density at radius 2 is 2.03 bits per heavy atom. The molecule has 5 rings (SSSR count). The van der Waals surface area contributed by atoms with Gasteiger partial charge in [0, 0.05) is 25.8 Å².